The van der Waals surface area contributed by atoms with Crippen LogP contribution in [0.5, 0.6) is 0 Å². The molecule has 0 radical (unpaired) electrons. The first-order chi connectivity index (χ1) is 7.84. The van der Waals surface area contributed by atoms with Crippen LogP contribution >= 0.6 is 0 Å². The van der Waals surface area contributed by atoms with Crippen molar-refractivity contribution in [2.24, 2.45) is 11.8 Å². The summed E-state index contributed by atoms with van der Waals surface area (Å²) in [4.78, 5) is 11.7. The fourth-order valence-electron chi connectivity index (χ4n) is 1.91. The first-order valence-electron chi connectivity index (χ1n) is 5.94. The number of carbonyl (C=O) groups is 1. The molecule has 1 aliphatic rings. The van der Waals surface area contributed by atoms with Crippen molar-refractivity contribution in [3.63, 3.8) is 0 Å². The van der Waals surface area contributed by atoms with Gasteiger partial charge in [-0.25, -0.2) is 8.42 Å². The van der Waals surface area contributed by atoms with Gasteiger partial charge in [0.2, 0.25) is 5.91 Å². The van der Waals surface area contributed by atoms with Crippen molar-refractivity contribution >= 4 is 15.7 Å². The number of sulfone groups is 1. The van der Waals surface area contributed by atoms with Gasteiger partial charge in [0.1, 0.15) is 0 Å². The lowest BCUT2D eigenvalue weighted by atomic mass is 10.0. The summed E-state index contributed by atoms with van der Waals surface area (Å²) in [7, 11) is -2.91. The summed E-state index contributed by atoms with van der Waals surface area (Å²) in [5.74, 6) is 0.167. The van der Waals surface area contributed by atoms with E-state index in [1.165, 1.54) is 0 Å². The third-order valence-corrected chi connectivity index (χ3v) is 5.17. The van der Waals surface area contributed by atoms with Crippen LogP contribution in [0.4, 0.5) is 0 Å². The maximum absolute atomic E-state index is 11.7. The third kappa shape index (κ3) is 4.63. The molecule has 0 aromatic rings. The fraction of sp³-hybridized carbons (Fsp3) is 0.909. The van der Waals surface area contributed by atoms with Gasteiger partial charge in [0.05, 0.1) is 11.5 Å². The lowest BCUT2D eigenvalue weighted by Crippen LogP contribution is -2.39. The molecule has 0 bridgehead atoms. The van der Waals surface area contributed by atoms with Crippen LogP contribution in [0.3, 0.4) is 0 Å². The van der Waals surface area contributed by atoms with Crippen molar-refractivity contribution in [3.05, 3.63) is 0 Å². The first kappa shape index (κ1) is 14.4. The number of amides is 1. The van der Waals surface area contributed by atoms with Crippen LogP contribution in [0.15, 0.2) is 0 Å². The summed E-state index contributed by atoms with van der Waals surface area (Å²) in [6.07, 6.45) is 0.849. The van der Waals surface area contributed by atoms with E-state index in [1.807, 2.05) is 13.8 Å². The van der Waals surface area contributed by atoms with Crippen molar-refractivity contribution in [2.45, 2.75) is 32.7 Å². The number of aliphatic hydroxyl groups is 1. The summed E-state index contributed by atoms with van der Waals surface area (Å²) in [5.41, 5.74) is 0. The second kappa shape index (κ2) is 5.82. The lowest BCUT2D eigenvalue weighted by molar-refractivity contribution is -0.122. The van der Waals surface area contributed by atoms with Crippen molar-refractivity contribution in [1.29, 1.82) is 0 Å². The predicted molar refractivity (Wildman–Crippen MR) is 65.2 cm³/mol. The molecule has 1 fully saturated rings. The van der Waals surface area contributed by atoms with Gasteiger partial charge < -0.3 is 10.4 Å². The molecule has 5 nitrogen and oxygen atoms in total. The highest BCUT2D eigenvalue weighted by Gasteiger charge is 2.29. The second-order valence-electron chi connectivity index (χ2n) is 4.99. The minimum Gasteiger partial charge on any atom is -0.396 e. The summed E-state index contributed by atoms with van der Waals surface area (Å²) in [5, 5.41) is 11.7. The molecule has 0 aliphatic carbocycles. The standard InChI is InChI=1S/C11H21NO4S/c1-8(6-13)9(2)12-11(14)5-10-3-4-17(15,16)7-10/h8-10,13H,3-7H2,1-2H3,(H,12,14). The van der Waals surface area contributed by atoms with Crippen LogP contribution in [-0.2, 0) is 14.6 Å². The van der Waals surface area contributed by atoms with E-state index in [1.54, 1.807) is 0 Å². The molecule has 0 aromatic carbocycles. The molecule has 100 valence electrons. The minimum absolute atomic E-state index is 0.00580. The Hall–Kier alpha value is -0.620. The Kier molecular flexibility index (Phi) is 4.94. The third-order valence-electron chi connectivity index (χ3n) is 3.33. The van der Waals surface area contributed by atoms with Gasteiger partial charge in [-0.3, -0.25) is 4.79 Å². The van der Waals surface area contributed by atoms with Gasteiger partial charge in [-0.05, 0) is 25.2 Å². The Bertz CT molecular complexity index is 366. The van der Waals surface area contributed by atoms with Crippen molar-refractivity contribution < 1.29 is 18.3 Å². The van der Waals surface area contributed by atoms with Gasteiger partial charge in [-0.2, -0.15) is 0 Å². The van der Waals surface area contributed by atoms with E-state index in [2.05, 4.69) is 5.32 Å². The summed E-state index contributed by atoms with van der Waals surface area (Å²) in [6.45, 7) is 3.72. The molecule has 3 unspecified atom stereocenters. The molecular formula is C11H21NO4S. The van der Waals surface area contributed by atoms with Crippen molar-refractivity contribution in [1.82, 2.24) is 5.32 Å². The van der Waals surface area contributed by atoms with Crippen LogP contribution in [-0.4, -0.2) is 43.6 Å². The van der Waals surface area contributed by atoms with Crippen molar-refractivity contribution in [3.8, 4) is 0 Å². The van der Waals surface area contributed by atoms with Gasteiger partial charge >= 0.3 is 0 Å². The Morgan fingerprint density at radius 2 is 2.12 bits per heavy atom. The molecule has 1 amide bonds. The quantitative estimate of drug-likeness (QED) is 0.728. The second-order valence-corrected chi connectivity index (χ2v) is 7.22. The highest BCUT2D eigenvalue weighted by molar-refractivity contribution is 7.91. The molecular weight excluding hydrogens is 242 g/mol. The largest absolute Gasteiger partial charge is 0.396 e. The van der Waals surface area contributed by atoms with E-state index >= 15 is 0 Å². The normalized spacial score (nSPS) is 26.4. The Balaban J connectivity index is 2.36. The minimum atomic E-state index is -2.91. The molecule has 0 spiro atoms. The van der Waals surface area contributed by atoms with Gasteiger partial charge in [0, 0.05) is 19.1 Å². The number of aliphatic hydroxyl groups excluding tert-OH is 1. The Labute approximate surface area is 103 Å². The maximum Gasteiger partial charge on any atom is 0.220 e. The molecule has 1 rings (SSSR count). The van der Waals surface area contributed by atoms with Gasteiger partial charge in [-0.15, -0.1) is 0 Å². The maximum atomic E-state index is 11.7. The lowest BCUT2D eigenvalue weighted by Gasteiger charge is -2.20. The Morgan fingerprint density at radius 1 is 1.47 bits per heavy atom. The van der Waals surface area contributed by atoms with Crippen LogP contribution in [0.2, 0.25) is 0 Å². The van der Waals surface area contributed by atoms with Gasteiger partial charge in [0.25, 0.3) is 0 Å². The summed E-state index contributed by atoms with van der Waals surface area (Å²) in [6, 6.07) is -0.0921. The van der Waals surface area contributed by atoms with E-state index in [0.29, 0.717) is 6.42 Å². The van der Waals surface area contributed by atoms with Gasteiger partial charge in [-0.1, -0.05) is 6.92 Å². The molecule has 1 heterocycles. The summed E-state index contributed by atoms with van der Waals surface area (Å²) < 4.78 is 22.5. The SMILES string of the molecule is CC(CO)C(C)NC(=O)CC1CCS(=O)(=O)C1. The zero-order chi connectivity index (χ0) is 13.1. The smallest absolute Gasteiger partial charge is 0.220 e. The topological polar surface area (TPSA) is 83.5 Å². The van der Waals surface area contributed by atoms with E-state index in [0.717, 1.165) is 0 Å². The highest BCUT2D eigenvalue weighted by atomic mass is 32.2. The van der Waals surface area contributed by atoms with Crippen LogP contribution in [0.1, 0.15) is 26.7 Å². The predicted octanol–water partition coefficient (Wildman–Crippen LogP) is -0.0557. The molecule has 1 saturated heterocycles. The Morgan fingerprint density at radius 3 is 2.59 bits per heavy atom. The van der Waals surface area contributed by atoms with Crippen molar-refractivity contribution in [2.75, 3.05) is 18.1 Å². The monoisotopic (exact) mass is 263 g/mol. The van der Waals surface area contributed by atoms with Crippen LogP contribution < -0.4 is 5.32 Å². The average Bonchev–Trinajstić information content (AvgIpc) is 2.56. The number of rotatable bonds is 5. The highest BCUT2D eigenvalue weighted by Crippen LogP contribution is 2.21. The zero-order valence-electron chi connectivity index (χ0n) is 10.3. The zero-order valence-corrected chi connectivity index (χ0v) is 11.2. The fourth-order valence-corrected chi connectivity index (χ4v) is 3.77. The molecule has 3 atom stereocenters. The average molecular weight is 263 g/mol. The number of hydrogen-bond donors (Lipinski definition) is 2. The molecule has 2 N–H and O–H groups in total. The molecule has 1 aliphatic heterocycles. The number of carbonyl (C=O) groups excluding carboxylic acids is 1. The summed E-state index contributed by atoms with van der Waals surface area (Å²) >= 11 is 0. The van der Waals surface area contributed by atoms with E-state index in [9.17, 15) is 13.2 Å². The molecule has 17 heavy (non-hydrogen) atoms. The molecule has 0 saturated carbocycles. The van der Waals surface area contributed by atoms with Gasteiger partial charge in [0.15, 0.2) is 9.84 Å². The van der Waals surface area contributed by atoms with Crippen LogP contribution in [0.25, 0.3) is 0 Å². The first-order valence-corrected chi connectivity index (χ1v) is 7.77. The van der Waals surface area contributed by atoms with E-state index in [-0.39, 0.29) is 48.3 Å². The number of hydrogen-bond acceptors (Lipinski definition) is 4. The van der Waals surface area contributed by atoms with E-state index in [4.69, 9.17) is 5.11 Å². The molecule has 6 heteroatoms. The number of nitrogens with one attached hydrogen (secondary N) is 1. The van der Waals surface area contributed by atoms with E-state index < -0.39 is 9.84 Å². The molecule has 0 aromatic heterocycles. The van der Waals surface area contributed by atoms with Crippen LogP contribution in [0, 0.1) is 11.8 Å².